The Morgan fingerprint density at radius 1 is 1.00 bits per heavy atom. The van der Waals surface area contributed by atoms with Crippen molar-refractivity contribution in [3.63, 3.8) is 0 Å². The van der Waals surface area contributed by atoms with Crippen LogP contribution in [0.3, 0.4) is 0 Å². The fraction of sp³-hybridized carbons (Fsp3) is 0.696. The van der Waals surface area contributed by atoms with E-state index in [1.165, 1.54) is 11.1 Å². The minimum atomic E-state index is -0.214. The zero-order valence-corrected chi connectivity index (χ0v) is 17.8. The maximum atomic E-state index is 12.9. The van der Waals surface area contributed by atoms with Crippen molar-refractivity contribution in [1.29, 1.82) is 0 Å². The van der Waals surface area contributed by atoms with Gasteiger partial charge in [-0.3, -0.25) is 4.79 Å². The molecule has 0 bridgehead atoms. The molecule has 0 aromatic heterocycles. The Morgan fingerprint density at radius 3 is 2.00 bits per heavy atom. The van der Waals surface area contributed by atoms with Crippen molar-refractivity contribution in [2.24, 2.45) is 16.7 Å². The van der Waals surface area contributed by atoms with Gasteiger partial charge in [-0.25, -0.2) is 0 Å². The summed E-state index contributed by atoms with van der Waals surface area (Å²) in [6, 6.07) is 6.48. The molecule has 25 heavy (non-hydrogen) atoms. The fourth-order valence-corrected chi connectivity index (χ4v) is 3.25. The number of ether oxygens (including phenoxy) is 1. The van der Waals surface area contributed by atoms with Gasteiger partial charge in [0.2, 0.25) is 0 Å². The molecule has 0 amide bonds. The highest BCUT2D eigenvalue weighted by Crippen LogP contribution is 2.37. The van der Waals surface area contributed by atoms with Gasteiger partial charge in [-0.15, -0.1) is 0 Å². The molecule has 142 valence electrons. The summed E-state index contributed by atoms with van der Waals surface area (Å²) in [5.41, 5.74) is 3.81. The van der Waals surface area contributed by atoms with Crippen LogP contribution in [0.5, 0.6) is 0 Å². The first-order chi connectivity index (χ1) is 11.4. The van der Waals surface area contributed by atoms with Gasteiger partial charge in [-0.1, -0.05) is 73.6 Å². The van der Waals surface area contributed by atoms with Crippen LogP contribution in [0, 0.1) is 16.7 Å². The van der Waals surface area contributed by atoms with Gasteiger partial charge in [0.25, 0.3) is 0 Å². The second-order valence-electron chi connectivity index (χ2n) is 9.50. The Kier molecular flexibility index (Phi) is 7.28. The molecule has 0 aliphatic carbocycles. The fourth-order valence-electron chi connectivity index (χ4n) is 3.25. The Bertz CT molecular complexity index is 573. The number of carbonyl (C=O) groups is 1. The third kappa shape index (κ3) is 6.49. The van der Waals surface area contributed by atoms with Crippen LogP contribution in [0.15, 0.2) is 18.2 Å². The topological polar surface area (TPSA) is 26.3 Å². The second-order valence-corrected chi connectivity index (χ2v) is 9.50. The molecule has 0 saturated heterocycles. The summed E-state index contributed by atoms with van der Waals surface area (Å²) in [5, 5.41) is 0. The van der Waals surface area contributed by atoms with Gasteiger partial charge in [0.1, 0.15) is 6.10 Å². The zero-order valence-electron chi connectivity index (χ0n) is 17.8. The maximum Gasteiger partial charge on any atom is 0.310 e. The predicted octanol–water partition coefficient (Wildman–Crippen LogP) is 6.51. The van der Waals surface area contributed by atoms with Crippen LogP contribution in [-0.4, -0.2) is 5.97 Å². The molecular weight excluding hydrogens is 308 g/mol. The predicted molar refractivity (Wildman–Crippen MR) is 107 cm³/mol. The van der Waals surface area contributed by atoms with E-state index in [0.717, 1.165) is 24.8 Å². The van der Waals surface area contributed by atoms with E-state index in [9.17, 15) is 4.79 Å². The summed E-state index contributed by atoms with van der Waals surface area (Å²) in [5.74, 6) is -0.178. The summed E-state index contributed by atoms with van der Waals surface area (Å²) in [4.78, 5) is 12.9. The zero-order chi connectivity index (χ0) is 19.4. The first-order valence-electron chi connectivity index (χ1n) is 9.71. The monoisotopic (exact) mass is 346 g/mol. The number of hydrogen-bond acceptors (Lipinski definition) is 2. The van der Waals surface area contributed by atoms with E-state index in [0.29, 0.717) is 0 Å². The number of rotatable bonds is 6. The molecular formula is C23H38O2. The van der Waals surface area contributed by atoms with E-state index in [-0.39, 0.29) is 28.8 Å². The SMILES string of the molecule is CCc1ccc(C(C)OC(=O)C(CC(C)(C)C)C(C)(C)C)cc1CC. The average Bonchev–Trinajstić information content (AvgIpc) is 2.49. The van der Waals surface area contributed by atoms with Crippen molar-refractivity contribution in [2.75, 3.05) is 0 Å². The van der Waals surface area contributed by atoms with Gasteiger partial charge >= 0.3 is 5.97 Å². The van der Waals surface area contributed by atoms with Gasteiger partial charge in [-0.2, -0.15) is 0 Å². The molecule has 1 rings (SSSR count). The molecule has 0 heterocycles. The third-order valence-corrected chi connectivity index (χ3v) is 4.90. The summed E-state index contributed by atoms with van der Waals surface area (Å²) in [6.07, 6.45) is 2.66. The molecule has 2 unspecified atom stereocenters. The van der Waals surface area contributed by atoms with Crippen molar-refractivity contribution < 1.29 is 9.53 Å². The summed E-state index contributed by atoms with van der Waals surface area (Å²) < 4.78 is 5.91. The van der Waals surface area contributed by atoms with E-state index >= 15 is 0 Å². The standard InChI is InChI=1S/C23H38O2/c1-10-17-12-13-19(14-18(17)11-2)16(3)25-21(24)20(23(7,8)9)15-22(4,5)6/h12-14,16,20H,10-11,15H2,1-9H3. The minimum Gasteiger partial charge on any atom is -0.458 e. The van der Waals surface area contributed by atoms with Gasteiger partial charge in [0.15, 0.2) is 0 Å². The Balaban J connectivity index is 2.96. The highest BCUT2D eigenvalue weighted by atomic mass is 16.5. The largest absolute Gasteiger partial charge is 0.458 e. The Morgan fingerprint density at radius 2 is 1.56 bits per heavy atom. The van der Waals surface area contributed by atoms with Crippen LogP contribution < -0.4 is 0 Å². The molecule has 0 spiro atoms. The van der Waals surface area contributed by atoms with Crippen molar-refractivity contribution in [2.45, 2.75) is 87.7 Å². The minimum absolute atomic E-state index is 0.0764. The van der Waals surface area contributed by atoms with Crippen LogP contribution >= 0.6 is 0 Å². The van der Waals surface area contributed by atoms with E-state index in [2.05, 4.69) is 73.6 Å². The molecule has 1 aromatic carbocycles. The molecule has 2 heteroatoms. The van der Waals surface area contributed by atoms with E-state index < -0.39 is 0 Å². The molecule has 2 nitrogen and oxygen atoms in total. The first-order valence-corrected chi connectivity index (χ1v) is 9.71. The molecule has 0 saturated carbocycles. The summed E-state index contributed by atoms with van der Waals surface area (Å²) in [7, 11) is 0. The second kappa shape index (κ2) is 8.38. The highest BCUT2D eigenvalue weighted by molar-refractivity contribution is 5.73. The molecule has 0 fully saturated rings. The van der Waals surface area contributed by atoms with Crippen LogP contribution in [0.2, 0.25) is 0 Å². The third-order valence-electron chi connectivity index (χ3n) is 4.90. The number of benzene rings is 1. The maximum absolute atomic E-state index is 12.9. The molecule has 0 N–H and O–H groups in total. The molecule has 1 aromatic rings. The van der Waals surface area contributed by atoms with Crippen molar-refractivity contribution in [3.8, 4) is 0 Å². The lowest BCUT2D eigenvalue weighted by Crippen LogP contribution is -2.34. The first kappa shape index (κ1) is 21.7. The van der Waals surface area contributed by atoms with Gasteiger partial charge < -0.3 is 4.74 Å². The smallest absolute Gasteiger partial charge is 0.310 e. The van der Waals surface area contributed by atoms with Crippen molar-refractivity contribution in [3.05, 3.63) is 34.9 Å². The number of esters is 1. The van der Waals surface area contributed by atoms with Gasteiger partial charge in [-0.05, 0) is 53.7 Å². The number of carbonyl (C=O) groups excluding carboxylic acids is 1. The number of hydrogen-bond donors (Lipinski definition) is 0. The Hall–Kier alpha value is -1.31. The molecule has 2 atom stereocenters. The van der Waals surface area contributed by atoms with E-state index in [1.807, 2.05) is 6.92 Å². The van der Waals surface area contributed by atoms with Gasteiger partial charge in [0.05, 0.1) is 5.92 Å². The summed E-state index contributed by atoms with van der Waals surface area (Å²) in [6.45, 7) is 19.3. The number of aryl methyl sites for hydroxylation is 2. The highest BCUT2D eigenvalue weighted by Gasteiger charge is 2.36. The quantitative estimate of drug-likeness (QED) is 0.548. The van der Waals surface area contributed by atoms with Crippen LogP contribution in [0.25, 0.3) is 0 Å². The molecule has 0 aliphatic heterocycles. The normalized spacial score (nSPS) is 14.9. The van der Waals surface area contributed by atoms with Crippen LogP contribution in [0.4, 0.5) is 0 Å². The molecule has 0 aliphatic rings. The van der Waals surface area contributed by atoms with E-state index in [4.69, 9.17) is 4.74 Å². The average molecular weight is 347 g/mol. The lowest BCUT2D eigenvalue weighted by molar-refractivity contribution is -0.159. The van der Waals surface area contributed by atoms with Crippen molar-refractivity contribution in [1.82, 2.24) is 0 Å². The van der Waals surface area contributed by atoms with Crippen LogP contribution in [0.1, 0.15) is 91.5 Å². The lowest BCUT2D eigenvalue weighted by atomic mass is 9.72. The van der Waals surface area contributed by atoms with Crippen LogP contribution in [-0.2, 0) is 22.4 Å². The lowest BCUT2D eigenvalue weighted by Gasteiger charge is -2.34. The Labute approximate surface area is 155 Å². The van der Waals surface area contributed by atoms with Crippen molar-refractivity contribution >= 4 is 5.97 Å². The summed E-state index contributed by atoms with van der Waals surface area (Å²) >= 11 is 0. The van der Waals surface area contributed by atoms with E-state index in [1.54, 1.807) is 0 Å². The van der Waals surface area contributed by atoms with Gasteiger partial charge in [0, 0.05) is 0 Å². The molecule has 0 radical (unpaired) electrons.